The third kappa shape index (κ3) is 3.37. The van der Waals surface area contributed by atoms with Gasteiger partial charge in [-0.05, 0) is 30.7 Å². The zero-order valence-corrected chi connectivity index (χ0v) is 13.9. The Hall–Kier alpha value is -1.56. The predicted octanol–water partition coefficient (Wildman–Crippen LogP) is 2.29. The highest BCUT2D eigenvalue weighted by atomic mass is 35.5. The molecule has 1 aliphatic rings. The molecule has 3 rings (SSSR count). The molecule has 1 aliphatic heterocycles. The standard InChI is InChI=1S/C17H21ClN2O3/c1-23-15-9-14(11-21)20(10-15)17(22)5-7-19-6-4-12-8-13(18)2-3-16(12)19/h2-4,6,8,14-15,21H,5,7,9-11H2,1H3/t14-,15-/m0/s1. The van der Waals surface area contributed by atoms with Crippen molar-refractivity contribution in [2.24, 2.45) is 0 Å². The van der Waals surface area contributed by atoms with E-state index in [0.717, 1.165) is 10.9 Å². The number of aliphatic hydroxyl groups excluding tert-OH is 1. The molecule has 23 heavy (non-hydrogen) atoms. The van der Waals surface area contributed by atoms with E-state index < -0.39 is 0 Å². The van der Waals surface area contributed by atoms with Crippen molar-refractivity contribution in [2.75, 3.05) is 20.3 Å². The molecule has 2 aromatic rings. The number of aliphatic hydroxyl groups is 1. The average molecular weight is 337 g/mol. The maximum absolute atomic E-state index is 12.5. The summed E-state index contributed by atoms with van der Waals surface area (Å²) in [6.45, 7) is 1.15. The molecule has 1 N–H and O–H groups in total. The fourth-order valence-electron chi connectivity index (χ4n) is 3.25. The third-order valence-electron chi connectivity index (χ3n) is 4.54. The van der Waals surface area contributed by atoms with E-state index >= 15 is 0 Å². The van der Waals surface area contributed by atoms with E-state index in [1.165, 1.54) is 0 Å². The molecule has 1 aromatic carbocycles. The van der Waals surface area contributed by atoms with E-state index in [4.69, 9.17) is 16.3 Å². The lowest BCUT2D eigenvalue weighted by atomic mass is 10.2. The molecular formula is C17H21ClN2O3. The number of hydrogen-bond donors (Lipinski definition) is 1. The van der Waals surface area contributed by atoms with Crippen LogP contribution in [0.3, 0.4) is 0 Å². The summed E-state index contributed by atoms with van der Waals surface area (Å²) in [6, 6.07) is 7.61. The molecule has 2 heterocycles. The van der Waals surface area contributed by atoms with Crippen LogP contribution in [0.1, 0.15) is 12.8 Å². The van der Waals surface area contributed by atoms with Crippen LogP contribution in [-0.2, 0) is 16.1 Å². The van der Waals surface area contributed by atoms with Crippen molar-refractivity contribution in [3.8, 4) is 0 Å². The van der Waals surface area contributed by atoms with Gasteiger partial charge in [0, 0.05) is 48.7 Å². The van der Waals surface area contributed by atoms with E-state index in [9.17, 15) is 9.90 Å². The topological polar surface area (TPSA) is 54.7 Å². The second-order valence-corrected chi connectivity index (χ2v) is 6.37. The Balaban J connectivity index is 1.66. The molecule has 0 aliphatic carbocycles. The molecule has 1 aromatic heterocycles. The summed E-state index contributed by atoms with van der Waals surface area (Å²) in [5.74, 6) is 0.0550. The summed E-state index contributed by atoms with van der Waals surface area (Å²) >= 11 is 6.00. The van der Waals surface area contributed by atoms with Crippen molar-refractivity contribution in [1.82, 2.24) is 9.47 Å². The Bertz CT molecular complexity index is 700. The minimum Gasteiger partial charge on any atom is -0.394 e. The lowest BCUT2D eigenvalue weighted by Gasteiger charge is -2.23. The van der Waals surface area contributed by atoms with Crippen LogP contribution in [0.5, 0.6) is 0 Å². The Morgan fingerprint density at radius 3 is 3.00 bits per heavy atom. The molecule has 1 amide bonds. The van der Waals surface area contributed by atoms with Crippen LogP contribution >= 0.6 is 11.6 Å². The zero-order chi connectivity index (χ0) is 16.4. The summed E-state index contributed by atoms with van der Waals surface area (Å²) in [5, 5.41) is 11.2. The maximum atomic E-state index is 12.5. The fraction of sp³-hybridized carbons (Fsp3) is 0.471. The average Bonchev–Trinajstić information content (AvgIpc) is 3.15. The fourth-order valence-corrected chi connectivity index (χ4v) is 3.43. The van der Waals surface area contributed by atoms with Gasteiger partial charge in [-0.25, -0.2) is 0 Å². The Kier molecular flexibility index (Phi) is 4.90. The highest BCUT2D eigenvalue weighted by Crippen LogP contribution is 2.23. The number of fused-ring (bicyclic) bond motifs is 1. The van der Waals surface area contributed by atoms with Gasteiger partial charge >= 0.3 is 0 Å². The molecule has 1 saturated heterocycles. The molecule has 0 saturated carbocycles. The van der Waals surface area contributed by atoms with Crippen LogP contribution in [0.4, 0.5) is 0 Å². The monoisotopic (exact) mass is 336 g/mol. The van der Waals surface area contributed by atoms with Crippen molar-refractivity contribution in [3.05, 3.63) is 35.5 Å². The van der Waals surface area contributed by atoms with E-state index in [0.29, 0.717) is 31.0 Å². The van der Waals surface area contributed by atoms with Crippen LogP contribution in [0.25, 0.3) is 10.9 Å². The quantitative estimate of drug-likeness (QED) is 0.911. The predicted molar refractivity (Wildman–Crippen MR) is 89.6 cm³/mol. The molecular weight excluding hydrogens is 316 g/mol. The van der Waals surface area contributed by atoms with Crippen molar-refractivity contribution >= 4 is 28.4 Å². The van der Waals surface area contributed by atoms with E-state index in [2.05, 4.69) is 4.57 Å². The largest absolute Gasteiger partial charge is 0.394 e. The number of ether oxygens (including phenoxy) is 1. The van der Waals surface area contributed by atoms with Gasteiger partial charge < -0.3 is 19.3 Å². The summed E-state index contributed by atoms with van der Waals surface area (Å²) in [7, 11) is 1.64. The minimum absolute atomic E-state index is 0.0173. The third-order valence-corrected chi connectivity index (χ3v) is 4.78. The number of aromatic nitrogens is 1. The number of aryl methyl sites for hydroxylation is 1. The van der Waals surface area contributed by atoms with Gasteiger partial charge in [-0.3, -0.25) is 4.79 Å². The summed E-state index contributed by atoms with van der Waals surface area (Å²) in [4.78, 5) is 14.2. The molecule has 0 bridgehead atoms. The van der Waals surface area contributed by atoms with Gasteiger partial charge in [-0.1, -0.05) is 11.6 Å². The molecule has 124 valence electrons. The van der Waals surface area contributed by atoms with Crippen molar-refractivity contribution in [1.29, 1.82) is 0 Å². The van der Waals surface area contributed by atoms with Crippen LogP contribution in [0, 0.1) is 0 Å². The summed E-state index contributed by atoms with van der Waals surface area (Å²) < 4.78 is 7.38. The molecule has 0 spiro atoms. The smallest absolute Gasteiger partial charge is 0.224 e. The molecule has 1 fully saturated rings. The van der Waals surface area contributed by atoms with Gasteiger partial charge in [0.15, 0.2) is 0 Å². The lowest BCUT2D eigenvalue weighted by Crippen LogP contribution is -2.38. The summed E-state index contributed by atoms with van der Waals surface area (Å²) in [5.41, 5.74) is 1.07. The van der Waals surface area contributed by atoms with E-state index in [1.54, 1.807) is 12.0 Å². The first-order valence-corrected chi connectivity index (χ1v) is 8.17. The molecule has 0 unspecified atom stereocenters. The van der Waals surface area contributed by atoms with Crippen molar-refractivity contribution < 1.29 is 14.6 Å². The van der Waals surface area contributed by atoms with Crippen LogP contribution in [0.2, 0.25) is 5.02 Å². The second kappa shape index (κ2) is 6.91. The SMILES string of the molecule is CO[C@H]1C[C@@H](CO)N(C(=O)CCn2ccc3cc(Cl)ccc32)C1. The molecule has 0 radical (unpaired) electrons. The highest BCUT2D eigenvalue weighted by Gasteiger charge is 2.34. The lowest BCUT2D eigenvalue weighted by molar-refractivity contribution is -0.133. The number of likely N-dealkylation sites (tertiary alicyclic amines) is 1. The first kappa shape index (κ1) is 16.3. The van der Waals surface area contributed by atoms with Crippen LogP contribution in [-0.4, -0.2) is 52.9 Å². The molecule has 6 heteroatoms. The normalized spacial score (nSPS) is 21.3. The minimum atomic E-state index is -0.132. The number of rotatable bonds is 5. The highest BCUT2D eigenvalue weighted by molar-refractivity contribution is 6.31. The zero-order valence-electron chi connectivity index (χ0n) is 13.1. The summed E-state index contributed by atoms with van der Waals surface area (Å²) in [6.07, 6.45) is 3.09. The number of benzene rings is 1. The Labute approximate surface area is 140 Å². The van der Waals surface area contributed by atoms with Gasteiger partial charge in [0.2, 0.25) is 5.91 Å². The van der Waals surface area contributed by atoms with Gasteiger partial charge in [0.25, 0.3) is 0 Å². The number of carbonyl (C=O) groups is 1. The van der Waals surface area contributed by atoms with Crippen LogP contribution < -0.4 is 0 Å². The number of amides is 1. The first-order valence-electron chi connectivity index (χ1n) is 7.80. The van der Waals surface area contributed by atoms with Crippen molar-refractivity contribution in [2.45, 2.75) is 31.5 Å². The Morgan fingerprint density at radius 2 is 2.26 bits per heavy atom. The molecule has 2 atom stereocenters. The van der Waals surface area contributed by atoms with E-state index in [1.807, 2.05) is 30.5 Å². The van der Waals surface area contributed by atoms with Gasteiger partial charge in [0.1, 0.15) is 0 Å². The molecule has 5 nitrogen and oxygen atoms in total. The Morgan fingerprint density at radius 1 is 1.43 bits per heavy atom. The van der Waals surface area contributed by atoms with Crippen LogP contribution in [0.15, 0.2) is 30.5 Å². The maximum Gasteiger partial charge on any atom is 0.224 e. The van der Waals surface area contributed by atoms with Crippen molar-refractivity contribution in [3.63, 3.8) is 0 Å². The number of halogens is 1. The first-order chi connectivity index (χ1) is 11.1. The number of methoxy groups -OCH3 is 1. The van der Waals surface area contributed by atoms with Gasteiger partial charge in [-0.2, -0.15) is 0 Å². The second-order valence-electron chi connectivity index (χ2n) is 5.94. The number of hydrogen-bond acceptors (Lipinski definition) is 3. The van der Waals surface area contributed by atoms with Gasteiger partial charge in [-0.15, -0.1) is 0 Å². The van der Waals surface area contributed by atoms with E-state index in [-0.39, 0.29) is 24.7 Å². The number of carbonyl (C=O) groups excluding carboxylic acids is 1. The van der Waals surface area contributed by atoms with Gasteiger partial charge in [0.05, 0.1) is 18.8 Å². The number of nitrogens with zero attached hydrogens (tertiary/aromatic N) is 2.